The molecule has 0 bridgehead atoms. The van der Waals surface area contributed by atoms with Gasteiger partial charge in [-0.1, -0.05) is 57.8 Å². The maximum Gasteiger partial charge on any atom is 0.159 e. The molecule has 0 atom stereocenters. The maximum atomic E-state index is 11.2. The fourth-order valence-corrected chi connectivity index (χ4v) is 2.59. The van der Waals surface area contributed by atoms with E-state index >= 15 is 0 Å². The normalized spacial score (nSPS) is 12.6. The first kappa shape index (κ1) is 13.2. The SMILES string of the molecule is CC(=O)c1ccc(C(C)(C)[Si](C)(C)C)cc1. The molecule has 0 aliphatic rings. The summed E-state index contributed by atoms with van der Waals surface area (Å²) in [4.78, 5) is 11.2. The number of carbonyl (C=O) groups is 1. The summed E-state index contributed by atoms with van der Waals surface area (Å²) in [6.45, 7) is 13.4. The Labute approximate surface area is 99.9 Å². The number of carbonyl (C=O) groups excluding carboxylic acids is 1. The zero-order valence-corrected chi connectivity index (χ0v) is 12.2. The highest BCUT2D eigenvalue weighted by Crippen LogP contribution is 2.33. The molecule has 88 valence electrons. The van der Waals surface area contributed by atoms with E-state index in [1.54, 1.807) is 6.92 Å². The number of benzene rings is 1. The van der Waals surface area contributed by atoms with Crippen LogP contribution in [0.5, 0.6) is 0 Å². The highest BCUT2D eigenvalue weighted by Gasteiger charge is 2.35. The number of ketones is 1. The van der Waals surface area contributed by atoms with Gasteiger partial charge in [-0.3, -0.25) is 4.79 Å². The summed E-state index contributed by atoms with van der Waals surface area (Å²) in [5.74, 6) is 0.136. The molecule has 0 aromatic heterocycles. The van der Waals surface area contributed by atoms with Crippen LogP contribution < -0.4 is 0 Å². The Morgan fingerprint density at radius 2 is 1.50 bits per heavy atom. The minimum absolute atomic E-state index is 0.136. The van der Waals surface area contributed by atoms with Gasteiger partial charge in [0.2, 0.25) is 0 Å². The van der Waals surface area contributed by atoms with E-state index in [0.717, 1.165) is 5.56 Å². The van der Waals surface area contributed by atoms with Gasteiger partial charge in [-0.2, -0.15) is 0 Å². The van der Waals surface area contributed by atoms with Gasteiger partial charge in [0.25, 0.3) is 0 Å². The van der Waals surface area contributed by atoms with Crippen molar-refractivity contribution in [1.82, 2.24) is 0 Å². The topological polar surface area (TPSA) is 17.1 Å². The molecule has 0 saturated carbocycles. The molecule has 2 heteroatoms. The summed E-state index contributed by atoms with van der Waals surface area (Å²) in [5.41, 5.74) is 2.15. The zero-order chi connectivity index (χ0) is 12.6. The second-order valence-electron chi connectivity index (χ2n) is 6.01. The van der Waals surface area contributed by atoms with E-state index in [-0.39, 0.29) is 10.8 Å². The van der Waals surface area contributed by atoms with Gasteiger partial charge in [-0.05, 0) is 17.5 Å². The third-order valence-corrected chi connectivity index (χ3v) is 7.93. The van der Waals surface area contributed by atoms with Crippen LogP contribution in [-0.4, -0.2) is 13.9 Å². The van der Waals surface area contributed by atoms with Gasteiger partial charge in [0.05, 0.1) is 8.07 Å². The summed E-state index contributed by atoms with van der Waals surface area (Å²) < 4.78 is 0. The first-order chi connectivity index (χ1) is 7.16. The van der Waals surface area contributed by atoms with Crippen LogP contribution in [0.2, 0.25) is 19.6 Å². The van der Waals surface area contributed by atoms with Crippen molar-refractivity contribution in [2.45, 2.75) is 45.5 Å². The van der Waals surface area contributed by atoms with Gasteiger partial charge in [0.1, 0.15) is 0 Å². The highest BCUT2D eigenvalue weighted by molar-refractivity contribution is 6.78. The van der Waals surface area contributed by atoms with Crippen LogP contribution >= 0.6 is 0 Å². The Bertz CT molecular complexity index is 382. The molecule has 0 radical (unpaired) electrons. The van der Waals surface area contributed by atoms with Crippen molar-refractivity contribution in [3.05, 3.63) is 35.4 Å². The quantitative estimate of drug-likeness (QED) is 0.570. The zero-order valence-electron chi connectivity index (χ0n) is 11.2. The second kappa shape index (κ2) is 4.17. The minimum Gasteiger partial charge on any atom is -0.295 e. The average molecular weight is 234 g/mol. The van der Waals surface area contributed by atoms with Crippen LogP contribution in [0.1, 0.15) is 36.7 Å². The van der Waals surface area contributed by atoms with Crippen molar-refractivity contribution in [3.8, 4) is 0 Å². The molecule has 0 amide bonds. The predicted molar refractivity (Wildman–Crippen MR) is 72.8 cm³/mol. The molecule has 1 nitrogen and oxygen atoms in total. The summed E-state index contributed by atoms with van der Waals surface area (Å²) in [6, 6.07) is 8.10. The van der Waals surface area contributed by atoms with Crippen molar-refractivity contribution < 1.29 is 4.79 Å². The van der Waals surface area contributed by atoms with Gasteiger partial charge >= 0.3 is 0 Å². The Morgan fingerprint density at radius 1 is 1.06 bits per heavy atom. The summed E-state index contributed by atoms with van der Waals surface area (Å²) >= 11 is 0. The van der Waals surface area contributed by atoms with Gasteiger partial charge < -0.3 is 0 Å². The second-order valence-corrected chi connectivity index (χ2v) is 11.8. The highest BCUT2D eigenvalue weighted by atomic mass is 28.3. The van der Waals surface area contributed by atoms with Crippen LogP contribution in [0.4, 0.5) is 0 Å². The van der Waals surface area contributed by atoms with Crippen molar-refractivity contribution in [1.29, 1.82) is 0 Å². The summed E-state index contributed by atoms with van der Waals surface area (Å²) in [5, 5.41) is 0.238. The van der Waals surface area contributed by atoms with E-state index < -0.39 is 8.07 Å². The van der Waals surface area contributed by atoms with E-state index in [0.29, 0.717) is 0 Å². The molecule has 0 N–H and O–H groups in total. The third kappa shape index (κ3) is 2.43. The largest absolute Gasteiger partial charge is 0.295 e. The predicted octanol–water partition coefficient (Wildman–Crippen LogP) is 4.04. The first-order valence-electron chi connectivity index (χ1n) is 5.78. The molecule has 0 spiro atoms. The average Bonchev–Trinajstić information content (AvgIpc) is 2.16. The Hall–Kier alpha value is -0.893. The summed E-state index contributed by atoms with van der Waals surface area (Å²) in [7, 11) is -1.26. The van der Waals surface area contributed by atoms with E-state index in [1.165, 1.54) is 5.56 Å². The lowest BCUT2D eigenvalue weighted by Crippen LogP contribution is -2.44. The smallest absolute Gasteiger partial charge is 0.159 e. The van der Waals surface area contributed by atoms with Crippen LogP contribution in [0, 0.1) is 0 Å². The fraction of sp³-hybridized carbons (Fsp3) is 0.500. The Balaban J connectivity index is 3.11. The molecule has 0 unspecified atom stereocenters. The van der Waals surface area contributed by atoms with Crippen molar-refractivity contribution in [2.75, 3.05) is 0 Å². The molecule has 1 aromatic rings. The van der Waals surface area contributed by atoms with Crippen LogP contribution in [-0.2, 0) is 5.04 Å². The molecular weight excluding hydrogens is 212 g/mol. The van der Waals surface area contributed by atoms with E-state index in [1.807, 2.05) is 12.1 Å². The molecule has 1 aromatic carbocycles. The Kier molecular flexibility index (Phi) is 3.43. The lowest BCUT2D eigenvalue weighted by molar-refractivity contribution is 0.101. The van der Waals surface area contributed by atoms with E-state index in [9.17, 15) is 4.79 Å². The van der Waals surface area contributed by atoms with Gasteiger partial charge in [0, 0.05) is 5.56 Å². The standard InChI is InChI=1S/C14H22OSi/c1-11(15)12-7-9-13(10-8-12)14(2,3)16(4,5)6/h7-10H,1-6H3. The maximum absolute atomic E-state index is 11.2. The number of rotatable bonds is 3. The number of Topliss-reactive ketones (excluding diaryl/α,β-unsaturated/α-hetero) is 1. The minimum atomic E-state index is -1.26. The van der Waals surface area contributed by atoms with Gasteiger partial charge in [0.15, 0.2) is 5.78 Å². The molecule has 16 heavy (non-hydrogen) atoms. The lowest BCUT2D eigenvalue weighted by Gasteiger charge is -2.37. The monoisotopic (exact) mass is 234 g/mol. The van der Waals surface area contributed by atoms with Crippen LogP contribution in [0.3, 0.4) is 0 Å². The van der Waals surface area contributed by atoms with Crippen LogP contribution in [0.15, 0.2) is 24.3 Å². The number of hydrogen-bond acceptors (Lipinski definition) is 1. The van der Waals surface area contributed by atoms with E-state index in [2.05, 4.69) is 45.6 Å². The van der Waals surface area contributed by atoms with Gasteiger partial charge in [-0.25, -0.2) is 0 Å². The molecular formula is C14H22OSi. The molecule has 0 heterocycles. The number of hydrogen-bond donors (Lipinski definition) is 0. The van der Waals surface area contributed by atoms with Crippen molar-refractivity contribution in [2.24, 2.45) is 0 Å². The molecule has 0 aliphatic heterocycles. The first-order valence-corrected chi connectivity index (χ1v) is 9.28. The van der Waals surface area contributed by atoms with E-state index in [4.69, 9.17) is 0 Å². The molecule has 0 aliphatic carbocycles. The van der Waals surface area contributed by atoms with Gasteiger partial charge in [-0.15, -0.1) is 0 Å². The lowest BCUT2D eigenvalue weighted by atomic mass is 9.99. The summed E-state index contributed by atoms with van der Waals surface area (Å²) in [6.07, 6.45) is 0. The molecule has 0 fully saturated rings. The Morgan fingerprint density at radius 3 is 1.81 bits per heavy atom. The van der Waals surface area contributed by atoms with Crippen molar-refractivity contribution >= 4 is 13.9 Å². The van der Waals surface area contributed by atoms with Crippen molar-refractivity contribution in [3.63, 3.8) is 0 Å². The third-order valence-electron chi connectivity index (χ3n) is 3.89. The van der Waals surface area contributed by atoms with Crippen LogP contribution in [0.25, 0.3) is 0 Å². The molecule has 1 rings (SSSR count). The molecule has 0 saturated heterocycles. The fourth-order valence-electron chi connectivity index (χ4n) is 1.55.